The Morgan fingerprint density at radius 1 is 1.04 bits per heavy atom. The molecule has 248 valence electrons. The summed E-state index contributed by atoms with van der Waals surface area (Å²) in [6, 6.07) is 7.07. The minimum absolute atomic E-state index is 0.00470. The molecule has 0 bridgehead atoms. The number of aliphatic imine (C=N–C) groups is 1. The van der Waals surface area contributed by atoms with Crippen LogP contribution in [-0.2, 0) is 9.47 Å². The summed E-state index contributed by atoms with van der Waals surface area (Å²) in [5.41, 5.74) is 0.629. The molecule has 0 saturated heterocycles. The number of anilines is 1. The Bertz CT molecular complexity index is 1590. The molecule has 0 radical (unpaired) electrons. The van der Waals surface area contributed by atoms with E-state index in [0.29, 0.717) is 24.0 Å². The van der Waals surface area contributed by atoms with Crippen LogP contribution < -0.4 is 10.6 Å². The number of carbonyl (C=O) groups excluding carboxylic acids is 3. The topological polar surface area (TPSA) is 109 Å². The van der Waals surface area contributed by atoms with Gasteiger partial charge in [0, 0.05) is 24.2 Å². The summed E-state index contributed by atoms with van der Waals surface area (Å²) in [6.45, 7) is 14.4. The maximum atomic E-state index is 15.3. The van der Waals surface area contributed by atoms with E-state index in [1.54, 1.807) is 58.6 Å². The average molecular weight is 659 g/mol. The number of nitrogens with zero attached hydrogens (tertiary/aromatic N) is 2. The second-order valence-corrected chi connectivity index (χ2v) is 13.0. The highest BCUT2D eigenvalue weighted by atomic mass is 35.5. The lowest BCUT2D eigenvalue weighted by Gasteiger charge is -2.30. The third-order valence-corrected chi connectivity index (χ3v) is 7.06. The van der Waals surface area contributed by atoms with Crippen molar-refractivity contribution in [1.82, 2.24) is 10.2 Å². The highest BCUT2D eigenvalue weighted by molar-refractivity contribution is 6.33. The molecular weight excluding hydrogens is 618 g/mol. The van der Waals surface area contributed by atoms with Crippen LogP contribution >= 0.6 is 11.6 Å². The molecular formula is C34H41ClF2N4O5. The zero-order valence-corrected chi connectivity index (χ0v) is 28.2. The molecule has 0 fully saturated rings. The summed E-state index contributed by atoms with van der Waals surface area (Å²) in [5.74, 6) is -2.18. The Balaban J connectivity index is 1.78. The molecule has 2 aromatic rings. The van der Waals surface area contributed by atoms with E-state index >= 15 is 8.78 Å². The van der Waals surface area contributed by atoms with Gasteiger partial charge in [-0.3, -0.25) is 10.1 Å². The summed E-state index contributed by atoms with van der Waals surface area (Å²) < 4.78 is 40.9. The van der Waals surface area contributed by atoms with E-state index in [1.165, 1.54) is 18.2 Å². The summed E-state index contributed by atoms with van der Waals surface area (Å²) in [7, 11) is 0. The van der Waals surface area contributed by atoms with Crippen LogP contribution in [0.1, 0.15) is 89.7 Å². The lowest BCUT2D eigenvalue weighted by atomic mass is 9.97. The Morgan fingerprint density at radius 3 is 2.26 bits per heavy atom. The van der Waals surface area contributed by atoms with Gasteiger partial charge in [-0.2, -0.15) is 0 Å². The summed E-state index contributed by atoms with van der Waals surface area (Å²) >= 11 is 6.25. The molecule has 2 aromatic carbocycles. The number of hydrogen-bond donors (Lipinski definition) is 2. The lowest BCUT2D eigenvalue weighted by Crippen LogP contribution is -2.48. The van der Waals surface area contributed by atoms with Crippen LogP contribution in [0.4, 0.5) is 24.1 Å². The number of allylic oxidation sites excluding steroid dienone is 2. The number of alkyl carbamates (subject to hydrolysis) is 1. The summed E-state index contributed by atoms with van der Waals surface area (Å²) in [5, 5.41) is 4.88. The van der Waals surface area contributed by atoms with Gasteiger partial charge in [0.15, 0.2) is 5.82 Å². The third-order valence-electron chi connectivity index (χ3n) is 6.70. The Hall–Kier alpha value is -4.25. The molecule has 0 unspecified atom stereocenters. The van der Waals surface area contributed by atoms with Gasteiger partial charge in [-0.1, -0.05) is 42.8 Å². The fraction of sp³-hybridized carbons (Fsp3) is 0.412. The van der Waals surface area contributed by atoms with Crippen LogP contribution in [0.15, 0.2) is 47.5 Å². The van der Waals surface area contributed by atoms with E-state index in [4.69, 9.17) is 21.1 Å². The first kappa shape index (κ1) is 36.2. The number of hydrogen-bond acceptors (Lipinski definition) is 5. The molecule has 2 N–H and O–H groups in total. The molecule has 0 spiro atoms. The van der Waals surface area contributed by atoms with Crippen molar-refractivity contribution in [1.29, 1.82) is 0 Å². The van der Waals surface area contributed by atoms with Crippen molar-refractivity contribution in [2.75, 3.05) is 18.4 Å². The minimum Gasteiger partial charge on any atom is -0.444 e. The lowest BCUT2D eigenvalue weighted by molar-refractivity contribution is 0.0554. The van der Waals surface area contributed by atoms with Crippen LogP contribution in [0.2, 0.25) is 5.02 Å². The van der Waals surface area contributed by atoms with Crippen LogP contribution in [0.25, 0.3) is 11.1 Å². The van der Waals surface area contributed by atoms with Crippen molar-refractivity contribution in [2.24, 2.45) is 4.99 Å². The monoisotopic (exact) mass is 658 g/mol. The first-order valence-corrected chi connectivity index (χ1v) is 15.3. The zero-order chi connectivity index (χ0) is 34.4. The van der Waals surface area contributed by atoms with Gasteiger partial charge in [-0.05, 0) is 96.2 Å². The van der Waals surface area contributed by atoms with Gasteiger partial charge in [0.1, 0.15) is 17.0 Å². The van der Waals surface area contributed by atoms with Gasteiger partial charge in [-0.15, -0.1) is 4.99 Å². The van der Waals surface area contributed by atoms with E-state index in [9.17, 15) is 14.4 Å². The molecule has 12 heteroatoms. The van der Waals surface area contributed by atoms with Gasteiger partial charge in [-0.25, -0.2) is 18.4 Å². The molecule has 1 heterocycles. The molecule has 0 saturated carbocycles. The minimum atomic E-state index is -0.894. The van der Waals surface area contributed by atoms with Crippen molar-refractivity contribution in [3.63, 3.8) is 0 Å². The predicted octanol–water partition coefficient (Wildman–Crippen LogP) is 8.59. The second kappa shape index (κ2) is 14.9. The molecule has 46 heavy (non-hydrogen) atoms. The van der Waals surface area contributed by atoms with Gasteiger partial charge >= 0.3 is 12.2 Å². The highest BCUT2D eigenvalue weighted by Crippen LogP contribution is 2.33. The van der Waals surface area contributed by atoms with Crippen LogP contribution in [0.3, 0.4) is 0 Å². The van der Waals surface area contributed by atoms with Gasteiger partial charge in [0.25, 0.3) is 5.91 Å². The first-order chi connectivity index (χ1) is 21.4. The Labute approximate surface area is 273 Å². The van der Waals surface area contributed by atoms with Crippen molar-refractivity contribution in [3.05, 3.63) is 75.8 Å². The molecule has 1 aliphatic rings. The van der Waals surface area contributed by atoms with E-state index < -0.39 is 40.9 Å². The van der Waals surface area contributed by atoms with Crippen molar-refractivity contribution < 1.29 is 32.6 Å². The van der Waals surface area contributed by atoms with Crippen molar-refractivity contribution in [3.8, 4) is 0 Å². The number of carbonyl (C=O) groups is 3. The molecule has 0 aliphatic carbocycles. The van der Waals surface area contributed by atoms with Gasteiger partial charge in [0.2, 0.25) is 5.96 Å². The standard InChI is InChI=1S/C34H41ClF2N4O5/c1-9-20(10-2)24-13-14-26(28(37)27(24)35)38-29(42)22-11-12-23(25(36)19-22)21-15-17-41(18-16-21)30(39-31(43)45-33(3,4)5)40-32(44)46-34(6,7)8/h9,11-15,19H,10,16-18H2,1-8H3,(H,38,42)(H,39,40,43,44)/b20-9+. The number of amides is 3. The number of nitrogens with one attached hydrogen (secondary N) is 2. The first-order valence-electron chi connectivity index (χ1n) is 14.9. The Kier molecular flexibility index (Phi) is 11.7. The van der Waals surface area contributed by atoms with Crippen LogP contribution in [-0.4, -0.2) is 53.2 Å². The number of halogens is 3. The molecule has 1 aliphatic heterocycles. The smallest absolute Gasteiger partial charge is 0.437 e. The summed E-state index contributed by atoms with van der Waals surface area (Å²) in [4.78, 5) is 43.4. The average Bonchev–Trinajstić information content (AvgIpc) is 2.95. The van der Waals surface area contributed by atoms with Crippen LogP contribution in [0, 0.1) is 11.6 Å². The number of benzene rings is 2. The Morgan fingerprint density at radius 2 is 1.72 bits per heavy atom. The molecule has 9 nitrogen and oxygen atoms in total. The number of ether oxygens (including phenoxy) is 2. The third kappa shape index (κ3) is 9.87. The number of rotatable bonds is 5. The maximum Gasteiger partial charge on any atom is 0.437 e. The molecule has 3 rings (SSSR count). The van der Waals surface area contributed by atoms with Gasteiger partial charge in [0.05, 0.1) is 10.7 Å². The van der Waals surface area contributed by atoms with Crippen molar-refractivity contribution >= 4 is 52.5 Å². The zero-order valence-electron chi connectivity index (χ0n) is 27.4. The van der Waals surface area contributed by atoms with Gasteiger partial charge < -0.3 is 19.7 Å². The SMILES string of the molecule is C/C=C(\CC)c1ccc(NC(=O)c2ccc(C3=CCN(/C(=N\C(=O)OC(C)(C)C)NC(=O)OC(C)(C)C)CC3)c(F)c2)c(F)c1Cl. The fourth-order valence-electron chi connectivity index (χ4n) is 4.61. The van der Waals surface area contributed by atoms with E-state index in [0.717, 1.165) is 11.6 Å². The fourth-order valence-corrected chi connectivity index (χ4v) is 4.89. The second-order valence-electron chi connectivity index (χ2n) is 12.6. The quantitative estimate of drug-likeness (QED) is 0.246. The van der Waals surface area contributed by atoms with E-state index in [-0.39, 0.29) is 40.9 Å². The summed E-state index contributed by atoms with van der Waals surface area (Å²) in [6.07, 6.45) is 2.87. The van der Waals surface area contributed by atoms with Crippen molar-refractivity contribution in [2.45, 2.75) is 79.4 Å². The molecule has 0 aromatic heterocycles. The maximum absolute atomic E-state index is 15.3. The largest absolute Gasteiger partial charge is 0.444 e. The highest BCUT2D eigenvalue weighted by Gasteiger charge is 2.26. The van der Waals surface area contributed by atoms with E-state index in [2.05, 4.69) is 15.6 Å². The molecule has 0 atom stereocenters. The molecule has 3 amide bonds. The van der Waals surface area contributed by atoms with E-state index in [1.807, 2.05) is 19.9 Å². The normalized spacial score (nSPS) is 14.4. The number of guanidine groups is 1. The van der Waals surface area contributed by atoms with Crippen LogP contribution in [0.5, 0.6) is 0 Å². The predicted molar refractivity (Wildman–Crippen MR) is 177 cm³/mol.